The lowest BCUT2D eigenvalue weighted by molar-refractivity contribution is 0.417. The summed E-state index contributed by atoms with van der Waals surface area (Å²) in [7, 11) is 3.36. The van der Waals surface area contributed by atoms with Crippen LogP contribution in [-0.4, -0.2) is 11.7 Å². The largest absolute Gasteiger partial charge is 0.494 e. The van der Waals surface area contributed by atoms with Crippen LogP contribution in [0.4, 0.5) is 5.69 Å². The summed E-state index contributed by atoms with van der Waals surface area (Å²) < 4.78 is 10.4. The van der Waals surface area contributed by atoms with Gasteiger partial charge in [-0.05, 0) is 54.8 Å². The molecule has 1 heterocycles. The van der Waals surface area contributed by atoms with Crippen molar-refractivity contribution in [2.45, 2.75) is 11.8 Å². The minimum absolute atomic E-state index is 0.0419. The van der Waals surface area contributed by atoms with E-state index in [0.717, 1.165) is 27.0 Å². The lowest BCUT2D eigenvalue weighted by Crippen LogP contribution is -2.16. The number of aryl methyl sites for hydroxylation is 2. The Balaban J connectivity index is 1.97. The second-order valence-electron chi connectivity index (χ2n) is 5.63. The third-order valence-electron chi connectivity index (χ3n) is 4.04. The Hall–Kier alpha value is -2.91. The van der Waals surface area contributed by atoms with Gasteiger partial charge < -0.3 is 14.0 Å². The predicted molar refractivity (Wildman–Crippen MR) is 101 cm³/mol. The summed E-state index contributed by atoms with van der Waals surface area (Å²) in [6.07, 6.45) is 0. The van der Waals surface area contributed by atoms with E-state index in [-0.39, 0.29) is 5.56 Å². The average Bonchev–Trinajstić information content (AvgIpc) is 2.64. The molecule has 0 spiro atoms. The van der Waals surface area contributed by atoms with Gasteiger partial charge in [-0.3, -0.25) is 4.79 Å². The van der Waals surface area contributed by atoms with Gasteiger partial charge in [0.05, 0.1) is 29.9 Å². The number of rotatable bonds is 4. The molecule has 1 aromatic heterocycles. The highest BCUT2D eigenvalue weighted by Gasteiger charge is 2.11. The van der Waals surface area contributed by atoms with Crippen LogP contribution in [0.1, 0.15) is 11.1 Å². The molecule has 1 N–H and O–H groups in total. The standard InChI is InChI=1S/C19H17N3O2S/c1-12-8-19(23)22(2)17-10-18(24-3)16(9-15(12)17)21-25-14-6-4-13(11-20)5-7-14/h4-10,21H,1-3H3. The third kappa shape index (κ3) is 3.32. The van der Waals surface area contributed by atoms with Gasteiger partial charge in [-0.25, -0.2) is 0 Å². The quantitative estimate of drug-likeness (QED) is 0.723. The normalized spacial score (nSPS) is 10.5. The number of nitriles is 1. The maximum absolute atomic E-state index is 12.0. The molecule has 25 heavy (non-hydrogen) atoms. The van der Waals surface area contributed by atoms with Gasteiger partial charge in [-0.15, -0.1) is 0 Å². The van der Waals surface area contributed by atoms with Crippen molar-refractivity contribution in [1.82, 2.24) is 4.57 Å². The smallest absolute Gasteiger partial charge is 0.251 e. The molecule has 0 atom stereocenters. The van der Waals surface area contributed by atoms with Crippen LogP contribution in [0.2, 0.25) is 0 Å². The fraction of sp³-hybridized carbons (Fsp3) is 0.158. The van der Waals surface area contributed by atoms with Crippen LogP contribution < -0.4 is 15.0 Å². The SMILES string of the molecule is COc1cc2c(cc1NSc1ccc(C#N)cc1)c(C)cc(=O)n2C. The fourth-order valence-corrected chi connectivity index (χ4v) is 3.26. The molecule has 0 unspecified atom stereocenters. The Morgan fingerprint density at radius 1 is 1.20 bits per heavy atom. The molecule has 126 valence electrons. The molecule has 0 aliphatic rings. The van der Waals surface area contributed by atoms with E-state index < -0.39 is 0 Å². The first kappa shape index (κ1) is 16.9. The number of hydrogen-bond donors (Lipinski definition) is 1. The van der Waals surface area contributed by atoms with Crippen molar-refractivity contribution in [3.05, 3.63) is 63.9 Å². The number of hydrogen-bond acceptors (Lipinski definition) is 5. The van der Waals surface area contributed by atoms with Crippen LogP contribution in [0.5, 0.6) is 5.75 Å². The highest BCUT2D eigenvalue weighted by molar-refractivity contribution is 8.00. The van der Waals surface area contributed by atoms with Gasteiger partial charge >= 0.3 is 0 Å². The molecule has 5 nitrogen and oxygen atoms in total. The Bertz CT molecular complexity index is 1030. The molecule has 3 rings (SSSR count). The molecule has 0 aliphatic heterocycles. The average molecular weight is 351 g/mol. The van der Waals surface area contributed by atoms with Crippen LogP contribution in [0.3, 0.4) is 0 Å². The highest BCUT2D eigenvalue weighted by Crippen LogP contribution is 2.34. The summed E-state index contributed by atoms with van der Waals surface area (Å²) in [5.74, 6) is 0.661. The van der Waals surface area contributed by atoms with E-state index in [4.69, 9.17) is 10.00 Å². The number of aromatic nitrogens is 1. The van der Waals surface area contributed by atoms with Crippen molar-refractivity contribution in [3.8, 4) is 11.8 Å². The highest BCUT2D eigenvalue weighted by atomic mass is 32.2. The maximum atomic E-state index is 12.0. The summed E-state index contributed by atoms with van der Waals surface area (Å²) >= 11 is 1.44. The van der Waals surface area contributed by atoms with E-state index in [2.05, 4.69) is 10.8 Å². The van der Waals surface area contributed by atoms with Crippen molar-refractivity contribution in [3.63, 3.8) is 0 Å². The Morgan fingerprint density at radius 2 is 1.92 bits per heavy atom. The van der Waals surface area contributed by atoms with E-state index in [1.807, 2.05) is 31.2 Å². The lowest BCUT2D eigenvalue weighted by atomic mass is 10.1. The van der Waals surface area contributed by atoms with Crippen molar-refractivity contribution in [1.29, 1.82) is 5.26 Å². The van der Waals surface area contributed by atoms with E-state index in [9.17, 15) is 4.79 Å². The first-order valence-corrected chi connectivity index (χ1v) is 8.46. The number of anilines is 1. The van der Waals surface area contributed by atoms with Crippen LogP contribution >= 0.6 is 11.9 Å². The van der Waals surface area contributed by atoms with Crippen molar-refractivity contribution in [2.24, 2.45) is 7.05 Å². The monoisotopic (exact) mass is 351 g/mol. The lowest BCUT2D eigenvalue weighted by Gasteiger charge is -2.15. The zero-order valence-corrected chi connectivity index (χ0v) is 15.0. The minimum Gasteiger partial charge on any atom is -0.494 e. The fourth-order valence-electron chi connectivity index (χ4n) is 2.60. The molecule has 3 aromatic rings. The molecule has 0 saturated carbocycles. The number of pyridine rings is 1. The van der Waals surface area contributed by atoms with Gasteiger partial charge in [0, 0.05) is 29.5 Å². The minimum atomic E-state index is -0.0419. The van der Waals surface area contributed by atoms with E-state index in [0.29, 0.717) is 11.3 Å². The van der Waals surface area contributed by atoms with Gasteiger partial charge in [0.25, 0.3) is 5.56 Å². The molecule has 0 radical (unpaired) electrons. The number of benzene rings is 2. The zero-order valence-electron chi connectivity index (χ0n) is 14.2. The summed E-state index contributed by atoms with van der Waals surface area (Å²) in [5, 5.41) is 9.85. The number of ether oxygens (including phenoxy) is 1. The van der Waals surface area contributed by atoms with Crippen molar-refractivity contribution >= 4 is 28.5 Å². The van der Waals surface area contributed by atoms with Gasteiger partial charge in [0.2, 0.25) is 0 Å². The second-order valence-corrected chi connectivity index (χ2v) is 6.51. The number of nitrogens with zero attached hydrogens (tertiary/aromatic N) is 2. The van der Waals surface area contributed by atoms with Gasteiger partial charge in [0.1, 0.15) is 5.75 Å². The Morgan fingerprint density at radius 3 is 2.56 bits per heavy atom. The first-order chi connectivity index (χ1) is 12.0. The van der Waals surface area contributed by atoms with Crippen LogP contribution in [0.25, 0.3) is 10.9 Å². The van der Waals surface area contributed by atoms with E-state index in [1.54, 1.807) is 36.9 Å². The maximum Gasteiger partial charge on any atom is 0.251 e. The molecule has 0 saturated heterocycles. The topological polar surface area (TPSA) is 67.0 Å². The molecule has 6 heteroatoms. The Kier molecular flexibility index (Phi) is 4.68. The molecule has 0 aliphatic carbocycles. The molecule has 0 fully saturated rings. The molecule has 0 bridgehead atoms. The van der Waals surface area contributed by atoms with Crippen molar-refractivity contribution in [2.75, 3.05) is 11.8 Å². The Labute approximate surface area is 150 Å². The number of methoxy groups -OCH3 is 1. The van der Waals surface area contributed by atoms with E-state index in [1.165, 1.54) is 11.9 Å². The summed E-state index contributed by atoms with van der Waals surface area (Å²) in [5.41, 5.74) is 3.16. The summed E-state index contributed by atoms with van der Waals surface area (Å²) in [4.78, 5) is 13.0. The van der Waals surface area contributed by atoms with Crippen LogP contribution in [0, 0.1) is 18.3 Å². The van der Waals surface area contributed by atoms with Crippen molar-refractivity contribution < 1.29 is 4.74 Å². The summed E-state index contributed by atoms with van der Waals surface area (Å²) in [6.45, 7) is 1.92. The van der Waals surface area contributed by atoms with Crippen LogP contribution in [-0.2, 0) is 7.05 Å². The molecule has 2 aromatic carbocycles. The molecule has 0 amide bonds. The number of nitrogens with one attached hydrogen (secondary N) is 1. The van der Waals surface area contributed by atoms with Gasteiger partial charge in [0.15, 0.2) is 0 Å². The molecular weight excluding hydrogens is 334 g/mol. The predicted octanol–water partition coefficient (Wildman–Crippen LogP) is 3.85. The zero-order chi connectivity index (χ0) is 18.0. The van der Waals surface area contributed by atoms with Crippen LogP contribution in [0.15, 0.2) is 52.2 Å². The summed E-state index contributed by atoms with van der Waals surface area (Å²) in [6, 6.07) is 14.9. The number of fused-ring (bicyclic) bond motifs is 1. The second kappa shape index (κ2) is 6.91. The first-order valence-electron chi connectivity index (χ1n) is 7.65. The molecular formula is C19H17N3O2S. The van der Waals surface area contributed by atoms with Gasteiger partial charge in [-0.1, -0.05) is 0 Å². The van der Waals surface area contributed by atoms with Gasteiger partial charge in [-0.2, -0.15) is 5.26 Å². The van der Waals surface area contributed by atoms with E-state index >= 15 is 0 Å². The third-order valence-corrected chi connectivity index (χ3v) is 4.87.